The Labute approximate surface area is 186 Å². The molecular weight excluding hydrogens is 406 g/mol. The third-order valence-corrected chi connectivity index (χ3v) is 10.8. The molecule has 5 nitrogen and oxygen atoms in total. The number of cyclic esters (lactones) is 1. The smallest absolute Gasteiger partial charge is 0.415 e. The molecule has 1 aliphatic rings. The summed E-state index contributed by atoms with van der Waals surface area (Å²) in [6.07, 6.45) is 6.56. The van der Waals surface area contributed by atoms with E-state index in [0.29, 0.717) is 6.61 Å². The van der Waals surface area contributed by atoms with E-state index in [9.17, 15) is 4.79 Å². The van der Waals surface area contributed by atoms with Crippen molar-refractivity contribution in [2.24, 2.45) is 0 Å². The van der Waals surface area contributed by atoms with Crippen molar-refractivity contribution in [1.29, 1.82) is 0 Å². The molecule has 166 valence electrons. The Morgan fingerprint density at radius 2 is 1.90 bits per heavy atom. The molecule has 0 bridgehead atoms. The molecule has 0 unspecified atom stereocenters. The lowest BCUT2D eigenvalue weighted by atomic mass is 10.1. The second kappa shape index (κ2) is 11.2. The van der Waals surface area contributed by atoms with Crippen molar-refractivity contribution in [1.82, 2.24) is 4.90 Å². The number of rotatable bonds is 11. The molecule has 1 aromatic heterocycles. The molecule has 1 amide bonds. The molecule has 1 aromatic carbocycles. The molecule has 2 heterocycles. The quantitative estimate of drug-likeness (QED) is 0.298. The minimum absolute atomic E-state index is 0.0679. The van der Waals surface area contributed by atoms with Gasteiger partial charge in [-0.1, -0.05) is 51.1 Å². The fraction of sp³-hybridized carbons (Fsp3) is 0.440. The van der Waals surface area contributed by atoms with E-state index in [0.717, 1.165) is 42.3 Å². The number of hydrogen-bond acceptors (Lipinski definition) is 4. The number of nitrogens with zero attached hydrogens (tertiary/aromatic N) is 1. The van der Waals surface area contributed by atoms with E-state index >= 15 is 0 Å². The van der Waals surface area contributed by atoms with Crippen LogP contribution in [-0.2, 0) is 15.6 Å². The lowest BCUT2D eigenvalue weighted by Gasteiger charge is -2.31. The SMILES string of the molecule is CC[Si](CC)(CC)O[C@H](C=C=CN1C(=O)OC[C@H]1c1ccccc1)CCc1ccco1. The number of furan rings is 1. The molecule has 0 aliphatic carbocycles. The Bertz CT molecular complexity index is 862. The molecule has 1 saturated heterocycles. The van der Waals surface area contributed by atoms with E-state index in [1.165, 1.54) is 0 Å². The summed E-state index contributed by atoms with van der Waals surface area (Å²) in [6, 6.07) is 17.0. The van der Waals surface area contributed by atoms with Gasteiger partial charge in [0, 0.05) is 6.42 Å². The first-order valence-electron chi connectivity index (χ1n) is 11.2. The molecule has 3 rings (SSSR count). The normalized spacial score (nSPS) is 17.2. The van der Waals surface area contributed by atoms with Crippen LogP contribution >= 0.6 is 0 Å². The van der Waals surface area contributed by atoms with E-state index in [1.54, 1.807) is 17.4 Å². The van der Waals surface area contributed by atoms with Gasteiger partial charge in [-0.15, -0.1) is 5.73 Å². The average molecular weight is 440 g/mol. The van der Waals surface area contributed by atoms with Crippen LogP contribution in [0.25, 0.3) is 0 Å². The van der Waals surface area contributed by atoms with Gasteiger partial charge in [0.25, 0.3) is 0 Å². The highest BCUT2D eigenvalue weighted by molar-refractivity contribution is 6.73. The maximum Gasteiger partial charge on any atom is 0.415 e. The highest BCUT2D eigenvalue weighted by Gasteiger charge is 2.33. The van der Waals surface area contributed by atoms with Gasteiger partial charge in [-0.2, -0.15) is 0 Å². The van der Waals surface area contributed by atoms with Crippen LogP contribution in [-0.4, -0.2) is 32.0 Å². The lowest BCUT2D eigenvalue weighted by Crippen LogP contribution is -2.39. The molecule has 0 N–H and O–H groups in total. The maximum atomic E-state index is 12.3. The van der Waals surface area contributed by atoms with Crippen molar-refractivity contribution in [2.75, 3.05) is 6.61 Å². The zero-order chi connectivity index (χ0) is 22.1. The summed E-state index contributed by atoms with van der Waals surface area (Å²) in [6.45, 7) is 7.03. The van der Waals surface area contributed by atoms with Gasteiger partial charge in [-0.05, 0) is 48.3 Å². The lowest BCUT2D eigenvalue weighted by molar-refractivity contribution is 0.166. The number of aryl methyl sites for hydroxylation is 1. The van der Waals surface area contributed by atoms with Gasteiger partial charge in [-0.3, -0.25) is 4.90 Å². The first-order valence-corrected chi connectivity index (χ1v) is 13.8. The second-order valence-electron chi connectivity index (χ2n) is 7.89. The standard InChI is InChI=1S/C25H33NO4Si/c1-4-31(5-2,6-3)30-23(17-16-22-15-11-19-28-22)14-10-18-26-24(20-29-25(26)27)21-12-8-7-9-13-21/h7-9,11-15,18-19,23-24H,4-6,16-17,20H2,1-3H3/t10?,23-,24+/m1/s1. The molecular formula is C25H33NO4Si. The highest BCUT2D eigenvalue weighted by atomic mass is 28.4. The van der Waals surface area contributed by atoms with Crippen LogP contribution in [0.4, 0.5) is 4.79 Å². The predicted molar refractivity (Wildman–Crippen MR) is 124 cm³/mol. The van der Waals surface area contributed by atoms with Gasteiger partial charge in [0.1, 0.15) is 12.4 Å². The Morgan fingerprint density at radius 3 is 2.55 bits per heavy atom. The summed E-state index contributed by atoms with van der Waals surface area (Å²) in [7, 11) is -1.78. The van der Waals surface area contributed by atoms with Crippen molar-refractivity contribution in [3.8, 4) is 0 Å². The number of ether oxygens (including phenoxy) is 1. The number of carbonyl (C=O) groups is 1. The van der Waals surface area contributed by atoms with E-state index < -0.39 is 8.32 Å². The van der Waals surface area contributed by atoms with Crippen molar-refractivity contribution in [2.45, 2.75) is 63.9 Å². The molecule has 2 atom stereocenters. The fourth-order valence-electron chi connectivity index (χ4n) is 3.97. The maximum absolute atomic E-state index is 12.3. The molecule has 1 fully saturated rings. The third kappa shape index (κ3) is 6.00. The van der Waals surface area contributed by atoms with Crippen LogP contribution in [0.3, 0.4) is 0 Å². The van der Waals surface area contributed by atoms with Crippen LogP contribution < -0.4 is 0 Å². The van der Waals surface area contributed by atoms with Crippen LogP contribution in [0.5, 0.6) is 0 Å². The zero-order valence-corrected chi connectivity index (χ0v) is 19.8. The van der Waals surface area contributed by atoms with E-state index in [-0.39, 0.29) is 18.2 Å². The summed E-state index contributed by atoms with van der Waals surface area (Å²) in [5, 5.41) is 0. The van der Waals surface area contributed by atoms with Crippen molar-refractivity contribution < 1.29 is 18.4 Å². The van der Waals surface area contributed by atoms with Gasteiger partial charge in [-0.25, -0.2) is 4.79 Å². The Morgan fingerprint density at radius 1 is 1.16 bits per heavy atom. The molecule has 31 heavy (non-hydrogen) atoms. The fourth-order valence-corrected chi connectivity index (χ4v) is 6.80. The van der Waals surface area contributed by atoms with Crippen LogP contribution in [0.1, 0.15) is 44.6 Å². The van der Waals surface area contributed by atoms with E-state index in [1.807, 2.05) is 48.5 Å². The number of amides is 1. The summed E-state index contributed by atoms with van der Waals surface area (Å²) < 4.78 is 17.5. The number of benzene rings is 1. The van der Waals surface area contributed by atoms with Crippen molar-refractivity contribution in [3.63, 3.8) is 0 Å². The van der Waals surface area contributed by atoms with Crippen LogP contribution in [0.15, 0.2) is 71.2 Å². The summed E-state index contributed by atoms with van der Waals surface area (Å²) in [5.41, 5.74) is 4.27. The minimum Gasteiger partial charge on any atom is -0.469 e. The van der Waals surface area contributed by atoms with Gasteiger partial charge in [0.05, 0.1) is 24.6 Å². The Balaban J connectivity index is 1.77. The average Bonchev–Trinajstić information content (AvgIpc) is 3.46. The largest absolute Gasteiger partial charge is 0.469 e. The van der Waals surface area contributed by atoms with Crippen LogP contribution in [0.2, 0.25) is 18.1 Å². The number of carbonyl (C=O) groups excluding carboxylic acids is 1. The van der Waals surface area contributed by atoms with Crippen molar-refractivity contribution >= 4 is 14.4 Å². The van der Waals surface area contributed by atoms with Gasteiger partial charge >= 0.3 is 6.09 Å². The highest BCUT2D eigenvalue weighted by Crippen LogP contribution is 2.28. The topological polar surface area (TPSA) is 51.9 Å². The second-order valence-corrected chi connectivity index (χ2v) is 12.6. The van der Waals surface area contributed by atoms with Gasteiger partial charge in [0.15, 0.2) is 8.32 Å². The monoisotopic (exact) mass is 439 g/mol. The molecule has 1 aliphatic heterocycles. The van der Waals surface area contributed by atoms with E-state index in [2.05, 4.69) is 26.5 Å². The molecule has 0 saturated carbocycles. The predicted octanol–water partition coefficient (Wildman–Crippen LogP) is 6.46. The Hall–Kier alpha value is -2.53. The number of hydrogen-bond donors (Lipinski definition) is 0. The minimum atomic E-state index is -1.78. The summed E-state index contributed by atoms with van der Waals surface area (Å²) >= 11 is 0. The summed E-state index contributed by atoms with van der Waals surface area (Å²) in [5.74, 6) is 0.954. The third-order valence-electron chi connectivity index (χ3n) is 6.18. The molecule has 2 aromatic rings. The zero-order valence-electron chi connectivity index (χ0n) is 18.8. The molecule has 0 radical (unpaired) electrons. The van der Waals surface area contributed by atoms with Crippen molar-refractivity contribution in [3.05, 3.63) is 78.1 Å². The first kappa shape index (κ1) is 23.1. The Kier molecular flexibility index (Phi) is 8.35. The van der Waals surface area contributed by atoms with Gasteiger partial charge < -0.3 is 13.6 Å². The molecule has 0 spiro atoms. The first-order chi connectivity index (χ1) is 15.1. The molecule has 6 heteroatoms. The van der Waals surface area contributed by atoms with Gasteiger partial charge in [0.2, 0.25) is 0 Å². The van der Waals surface area contributed by atoms with E-state index in [4.69, 9.17) is 13.6 Å². The summed E-state index contributed by atoms with van der Waals surface area (Å²) in [4.78, 5) is 13.9. The van der Waals surface area contributed by atoms with Crippen LogP contribution in [0, 0.1) is 0 Å².